The first-order valence-corrected chi connectivity index (χ1v) is 15.5. The molecule has 0 aromatic carbocycles. The van der Waals surface area contributed by atoms with Crippen molar-refractivity contribution in [3.63, 3.8) is 0 Å². The first kappa shape index (κ1) is 32.2. The maximum atomic E-state index is 2.87. The monoisotopic (exact) mass is 688 g/mol. The summed E-state index contributed by atoms with van der Waals surface area (Å²) in [5.74, 6) is 14.7. The van der Waals surface area contributed by atoms with Gasteiger partial charge in [-0.2, -0.15) is 0 Å². The molecule has 10 radical (unpaired) electrons. The Labute approximate surface area is 201 Å². The second kappa shape index (κ2) is 16.4. The van der Waals surface area contributed by atoms with E-state index in [1.54, 1.807) is 0 Å². The van der Waals surface area contributed by atoms with E-state index in [1.165, 1.54) is 59.2 Å². The van der Waals surface area contributed by atoms with Gasteiger partial charge in [-0.25, -0.2) is 0 Å². The van der Waals surface area contributed by atoms with Crippen LogP contribution in [0.15, 0.2) is 0 Å². The topological polar surface area (TPSA) is 0 Å². The summed E-state index contributed by atoms with van der Waals surface area (Å²) in [6.07, 6.45) is 0. The third-order valence-corrected chi connectivity index (χ3v) is 5.62. The third kappa shape index (κ3) is 8.83. The fourth-order valence-corrected chi connectivity index (χ4v) is 2.81. The molecule has 0 nitrogen and oxygen atoms in total. The third-order valence-electron chi connectivity index (χ3n) is 5.62. The molecule has 25 heavy (non-hydrogen) atoms. The van der Waals surface area contributed by atoms with Crippen molar-refractivity contribution >= 4 is 41.9 Å². The normalized spacial score (nSPS) is 23.2. The van der Waals surface area contributed by atoms with E-state index in [-0.39, 0.29) is 17.0 Å². The van der Waals surface area contributed by atoms with Crippen LogP contribution < -0.4 is 17.0 Å². The zero-order chi connectivity index (χ0) is 19.8. The van der Waals surface area contributed by atoms with Crippen molar-refractivity contribution in [3.05, 3.63) is 59.2 Å². The van der Waals surface area contributed by atoms with Gasteiger partial charge in [0.1, 0.15) is 0 Å². The van der Waals surface area contributed by atoms with Gasteiger partial charge in [0.25, 0.3) is 0 Å². The van der Waals surface area contributed by atoms with Crippen LogP contribution in [-0.2, 0) is 16.3 Å². The van der Waals surface area contributed by atoms with E-state index in [4.69, 9.17) is 0 Å². The Balaban J connectivity index is -0.000000312. The minimum atomic E-state index is 0. The molecule has 2 saturated carbocycles. The van der Waals surface area contributed by atoms with Crippen molar-refractivity contribution in [3.8, 4) is 0 Å². The van der Waals surface area contributed by atoms with Gasteiger partial charge >= 0.3 is 30.0 Å². The number of halogens is 4. The van der Waals surface area contributed by atoms with E-state index < -0.39 is 0 Å². The van der Waals surface area contributed by atoms with Crippen molar-refractivity contribution in [2.75, 3.05) is 0 Å². The minimum absolute atomic E-state index is 0. The van der Waals surface area contributed by atoms with Crippen molar-refractivity contribution in [2.45, 2.75) is 69.2 Å². The molecule has 2 fully saturated rings. The number of rotatable bonds is 0. The molecule has 144 valence electrons. The van der Waals surface area contributed by atoms with Crippen molar-refractivity contribution < 1.29 is 33.3 Å². The SMILES string of the molecule is BrBr.C[C]1[C](C)[C](C)[C](C)[C]1C.C[C]1[C](C)[C](C)[C](C)[C]1C.[Br-].[Br][Ru+3]. The van der Waals surface area contributed by atoms with E-state index in [0.29, 0.717) is 0 Å². The van der Waals surface area contributed by atoms with Crippen LogP contribution >= 0.6 is 41.9 Å². The molecule has 0 aromatic heterocycles. The summed E-state index contributed by atoms with van der Waals surface area (Å²) in [7, 11) is 0. The molecule has 0 saturated heterocycles. The van der Waals surface area contributed by atoms with Gasteiger partial charge in [0, 0.05) is 28.3 Å². The molecule has 0 unspecified atom stereocenters. The molecular weight excluding hydrogens is 661 g/mol. The predicted octanol–water partition coefficient (Wildman–Crippen LogP) is 5.48. The first-order chi connectivity index (χ1) is 11.1. The molecule has 0 atom stereocenters. The van der Waals surface area contributed by atoms with Crippen LogP contribution in [0.4, 0.5) is 0 Å². The molecule has 0 amide bonds. The summed E-state index contributed by atoms with van der Waals surface area (Å²) in [4.78, 5) is 0. The van der Waals surface area contributed by atoms with E-state index in [2.05, 4.69) is 127 Å². The van der Waals surface area contributed by atoms with Gasteiger partial charge in [-0.1, -0.05) is 69.2 Å². The van der Waals surface area contributed by atoms with Crippen LogP contribution in [0.1, 0.15) is 69.2 Å². The van der Waals surface area contributed by atoms with Crippen LogP contribution in [-0.4, -0.2) is 0 Å². The van der Waals surface area contributed by atoms with Gasteiger partial charge in [0.2, 0.25) is 0 Å². The Hall–Kier alpha value is 2.54. The molecular formula is C20H30Br4Ru+2. The summed E-state index contributed by atoms with van der Waals surface area (Å²) < 4.78 is 0. The van der Waals surface area contributed by atoms with Crippen molar-refractivity contribution in [1.82, 2.24) is 0 Å². The summed E-state index contributed by atoms with van der Waals surface area (Å²) in [6, 6.07) is 0. The fourth-order valence-electron chi connectivity index (χ4n) is 2.81. The molecule has 0 spiro atoms. The molecule has 2 rings (SSSR count). The first-order valence-electron chi connectivity index (χ1n) is 7.78. The maximum absolute atomic E-state index is 2.87. The van der Waals surface area contributed by atoms with Gasteiger partial charge in [0.15, 0.2) is 0 Å². The molecule has 2 aliphatic carbocycles. The van der Waals surface area contributed by atoms with Crippen LogP contribution in [0.3, 0.4) is 0 Å². The second-order valence-electron chi connectivity index (χ2n) is 6.25. The van der Waals surface area contributed by atoms with Gasteiger partial charge in [-0.05, 0) is 59.2 Å². The molecule has 0 aromatic rings. The van der Waals surface area contributed by atoms with Crippen LogP contribution in [0, 0.1) is 59.2 Å². The van der Waals surface area contributed by atoms with Crippen LogP contribution in [0.25, 0.3) is 0 Å². The number of hydrogen-bond acceptors (Lipinski definition) is 0. The molecule has 2 aliphatic rings. The van der Waals surface area contributed by atoms with E-state index in [9.17, 15) is 0 Å². The number of hydrogen-bond donors (Lipinski definition) is 0. The summed E-state index contributed by atoms with van der Waals surface area (Å²) >= 11 is 10.5. The van der Waals surface area contributed by atoms with Gasteiger partial charge < -0.3 is 17.0 Å². The van der Waals surface area contributed by atoms with Gasteiger partial charge in [-0.3, -0.25) is 0 Å². The Morgan fingerprint density at radius 1 is 0.360 bits per heavy atom. The molecule has 0 bridgehead atoms. The molecule has 5 heteroatoms. The quantitative estimate of drug-likeness (QED) is 0.296. The average molecular weight is 691 g/mol. The van der Waals surface area contributed by atoms with E-state index >= 15 is 0 Å². The van der Waals surface area contributed by atoms with Crippen LogP contribution in [0.2, 0.25) is 0 Å². The summed E-state index contributed by atoms with van der Waals surface area (Å²) in [5.41, 5.74) is 0. The average Bonchev–Trinajstić information content (AvgIpc) is 2.89. The van der Waals surface area contributed by atoms with E-state index in [0.717, 1.165) is 0 Å². The Morgan fingerprint density at radius 2 is 0.400 bits per heavy atom. The Kier molecular flexibility index (Phi) is 21.1. The second-order valence-corrected chi connectivity index (χ2v) is 6.25. The molecule has 0 N–H and O–H groups in total. The van der Waals surface area contributed by atoms with E-state index in [1.807, 2.05) is 0 Å². The predicted molar refractivity (Wildman–Crippen MR) is 116 cm³/mol. The molecule has 0 heterocycles. The molecule has 0 aliphatic heterocycles. The fraction of sp³-hybridized carbons (Fsp3) is 0.500. The van der Waals surface area contributed by atoms with Gasteiger partial charge in [-0.15, -0.1) is 0 Å². The van der Waals surface area contributed by atoms with Crippen molar-refractivity contribution in [2.24, 2.45) is 0 Å². The zero-order valence-corrected chi connectivity index (χ0v) is 24.9. The summed E-state index contributed by atoms with van der Waals surface area (Å²) in [5, 5.41) is 0. The van der Waals surface area contributed by atoms with Gasteiger partial charge in [0.05, 0.1) is 0 Å². The Bertz CT molecular complexity index is 196. The summed E-state index contributed by atoms with van der Waals surface area (Å²) in [6.45, 7) is 22.0. The Morgan fingerprint density at radius 3 is 0.440 bits per heavy atom. The van der Waals surface area contributed by atoms with Crippen molar-refractivity contribution in [1.29, 1.82) is 0 Å². The zero-order valence-electron chi connectivity index (χ0n) is 16.9. The standard InChI is InChI=1S/2C10H15.Br2.2BrH.Ru/c2*1-6-7(2)9(4)10(5)8(6)3;1-2;;;/h2*1-5H3;;2*1H;/q;;;;;+4/p-2. The van der Waals surface area contributed by atoms with Crippen LogP contribution in [0.5, 0.6) is 0 Å².